The van der Waals surface area contributed by atoms with Gasteiger partial charge < -0.3 is 19.3 Å². The lowest BCUT2D eigenvalue weighted by molar-refractivity contribution is -0.154. The van der Waals surface area contributed by atoms with E-state index < -0.39 is 24.1 Å². The minimum absolute atomic E-state index is 0.126. The molecule has 1 atom stereocenters. The maximum Gasteiger partial charge on any atom is 0.338 e. The third kappa shape index (κ3) is 4.52. The summed E-state index contributed by atoms with van der Waals surface area (Å²) < 4.78 is 15.7. The molecule has 146 valence electrons. The van der Waals surface area contributed by atoms with Gasteiger partial charge in [0.2, 0.25) is 0 Å². The molecule has 2 aromatic rings. The van der Waals surface area contributed by atoms with Crippen LogP contribution in [0.2, 0.25) is 5.02 Å². The van der Waals surface area contributed by atoms with Crippen molar-refractivity contribution in [2.75, 3.05) is 20.3 Å². The summed E-state index contributed by atoms with van der Waals surface area (Å²) in [6, 6.07) is 13.4. The number of esters is 2. The Balaban J connectivity index is 1.68. The number of benzene rings is 2. The number of carbonyl (C=O) groups is 2. The second-order valence-electron chi connectivity index (χ2n) is 6.43. The van der Waals surface area contributed by atoms with Crippen LogP contribution in [0.25, 0.3) is 6.08 Å². The average Bonchev–Trinajstić information content (AvgIpc) is 3.04. The number of rotatable bonds is 6. The van der Waals surface area contributed by atoms with Gasteiger partial charge in [0.1, 0.15) is 12.4 Å². The van der Waals surface area contributed by atoms with Crippen LogP contribution in [-0.2, 0) is 14.3 Å². The van der Waals surface area contributed by atoms with Crippen molar-refractivity contribution in [2.24, 2.45) is 0 Å². The second-order valence-corrected chi connectivity index (χ2v) is 6.87. The minimum Gasteiger partial charge on any atom is -0.497 e. The Kier molecular flexibility index (Phi) is 6.02. The fourth-order valence-corrected chi connectivity index (χ4v) is 2.94. The third-order valence-corrected chi connectivity index (χ3v) is 4.63. The molecule has 1 heterocycles. The topological polar surface area (TPSA) is 82.1 Å². The number of hydrogen-bond donors (Lipinski definition) is 1. The zero-order chi connectivity index (χ0) is 20.1. The van der Waals surface area contributed by atoms with Crippen LogP contribution in [0.3, 0.4) is 0 Å². The average molecular weight is 403 g/mol. The van der Waals surface area contributed by atoms with Crippen molar-refractivity contribution < 1.29 is 28.9 Å². The molecule has 7 heteroatoms. The molecule has 2 aromatic carbocycles. The summed E-state index contributed by atoms with van der Waals surface area (Å²) in [5, 5.41) is 10.4. The fourth-order valence-electron chi connectivity index (χ4n) is 2.81. The Labute approximate surface area is 167 Å². The summed E-state index contributed by atoms with van der Waals surface area (Å²) >= 11 is 5.86. The van der Waals surface area contributed by atoms with Crippen molar-refractivity contribution in [2.45, 2.75) is 12.0 Å². The lowest BCUT2D eigenvalue weighted by atomic mass is 9.98. The smallest absolute Gasteiger partial charge is 0.338 e. The Morgan fingerprint density at radius 3 is 2.50 bits per heavy atom. The lowest BCUT2D eigenvalue weighted by Gasteiger charge is -2.24. The number of hydrogen-bond acceptors (Lipinski definition) is 6. The molecule has 1 saturated heterocycles. The summed E-state index contributed by atoms with van der Waals surface area (Å²) in [5.74, 6) is -0.517. The van der Waals surface area contributed by atoms with Crippen molar-refractivity contribution in [1.29, 1.82) is 0 Å². The highest BCUT2D eigenvalue weighted by Gasteiger charge is 2.44. The molecule has 1 unspecified atom stereocenters. The van der Waals surface area contributed by atoms with E-state index in [4.69, 9.17) is 25.8 Å². The molecular formula is C21H19ClO6. The number of ether oxygens (including phenoxy) is 3. The van der Waals surface area contributed by atoms with E-state index in [0.717, 1.165) is 5.56 Å². The van der Waals surface area contributed by atoms with Crippen LogP contribution >= 0.6 is 11.6 Å². The SMILES string of the molecule is COc1ccc(C(=O)OCC2(CO)C/C(=C\c3ccc(Cl)cc3)C(=O)O2)cc1. The summed E-state index contributed by atoms with van der Waals surface area (Å²) in [6.07, 6.45) is 1.79. The first kappa shape index (κ1) is 19.9. The Hall–Kier alpha value is -2.83. The molecule has 1 aliphatic rings. The molecule has 1 N–H and O–H groups in total. The molecule has 6 nitrogen and oxygen atoms in total. The highest BCUT2D eigenvalue weighted by atomic mass is 35.5. The summed E-state index contributed by atoms with van der Waals surface area (Å²) in [7, 11) is 1.53. The van der Waals surface area contributed by atoms with Gasteiger partial charge in [-0.3, -0.25) is 0 Å². The van der Waals surface area contributed by atoms with Gasteiger partial charge in [0.25, 0.3) is 0 Å². The first-order valence-corrected chi connectivity index (χ1v) is 8.94. The Morgan fingerprint density at radius 1 is 1.21 bits per heavy atom. The van der Waals surface area contributed by atoms with E-state index in [1.807, 2.05) is 0 Å². The molecule has 3 rings (SSSR count). The van der Waals surface area contributed by atoms with Crippen LogP contribution in [-0.4, -0.2) is 43.0 Å². The van der Waals surface area contributed by atoms with Gasteiger partial charge in [-0.15, -0.1) is 0 Å². The molecule has 0 amide bonds. The Bertz CT molecular complexity index is 888. The van der Waals surface area contributed by atoms with Crippen LogP contribution in [0.15, 0.2) is 54.1 Å². The van der Waals surface area contributed by atoms with Crippen LogP contribution in [0.5, 0.6) is 5.75 Å². The zero-order valence-electron chi connectivity index (χ0n) is 15.2. The number of aliphatic hydroxyl groups is 1. The lowest BCUT2D eigenvalue weighted by Crippen LogP contribution is -2.39. The first-order valence-electron chi connectivity index (χ1n) is 8.56. The van der Waals surface area contributed by atoms with E-state index in [1.54, 1.807) is 54.6 Å². The predicted octanol–water partition coefficient (Wildman–Crippen LogP) is 3.27. The largest absolute Gasteiger partial charge is 0.497 e. The summed E-state index contributed by atoms with van der Waals surface area (Å²) in [4.78, 5) is 24.5. The Morgan fingerprint density at radius 2 is 1.89 bits per heavy atom. The number of aliphatic hydroxyl groups excluding tert-OH is 1. The monoisotopic (exact) mass is 402 g/mol. The van der Waals surface area contributed by atoms with Gasteiger partial charge >= 0.3 is 11.9 Å². The van der Waals surface area contributed by atoms with E-state index in [2.05, 4.69) is 0 Å². The fraction of sp³-hybridized carbons (Fsp3) is 0.238. The van der Waals surface area contributed by atoms with Gasteiger partial charge in [-0.05, 0) is 48.0 Å². The van der Waals surface area contributed by atoms with Crippen LogP contribution in [0, 0.1) is 0 Å². The van der Waals surface area contributed by atoms with E-state index in [1.165, 1.54) is 7.11 Å². The molecule has 1 fully saturated rings. The standard InChI is InChI=1S/C21H19ClO6/c1-26-18-8-4-15(5-9-18)19(24)27-13-21(12-23)11-16(20(25)28-21)10-14-2-6-17(22)7-3-14/h2-10,23H,11-13H2,1H3/b16-10+. The van der Waals surface area contributed by atoms with Gasteiger partial charge in [0, 0.05) is 17.0 Å². The van der Waals surface area contributed by atoms with Crippen LogP contribution in [0.1, 0.15) is 22.3 Å². The van der Waals surface area contributed by atoms with E-state index in [-0.39, 0.29) is 13.0 Å². The molecule has 0 spiro atoms. The molecule has 0 saturated carbocycles. The van der Waals surface area contributed by atoms with Gasteiger partial charge in [-0.25, -0.2) is 9.59 Å². The van der Waals surface area contributed by atoms with Crippen molar-refractivity contribution in [3.05, 3.63) is 70.3 Å². The van der Waals surface area contributed by atoms with Gasteiger partial charge in [-0.2, -0.15) is 0 Å². The number of carbonyl (C=O) groups excluding carboxylic acids is 2. The van der Waals surface area contributed by atoms with Gasteiger partial charge in [0.15, 0.2) is 5.60 Å². The normalized spacial score (nSPS) is 20.1. The second kappa shape index (κ2) is 8.46. The van der Waals surface area contributed by atoms with E-state index in [0.29, 0.717) is 21.9 Å². The minimum atomic E-state index is -1.29. The predicted molar refractivity (Wildman–Crippen MR) is 103 cm³/mol. The first-order chi connectivity index (χ1) is 13.4. The molecule has 28 heavy (non-hydrogen) atoms. The van der Waals surface area contributed by atoms with E-state index >= 15 is 0 Å². The molecule has 0 aliphatic carbocycles. The third-order valence-electron chi connectivity index (χ3n) is 4.38. The zero-order valence-corrected chi connectivity index (χ0v) is 15.9. The molecule has 1 aliphatic heterocycles. The number of methoxy groups -OCH3 is 1. The van der Waals surface area contributed by atoms with Crippen molar-refractivity contribution >= 4 is 29.6 Å². The van der Waals surface area contributed by atoms with E-state index in [9.17, 15) is 14.7 Å². The highest BCUT2D eigenvalue weighted by molar-refractivity contribution is 6.30. The van der Waals surface area contributed by atoms with Crippen molar-refractivity contribution in [3.63, 3.8) is 0 Å². The number of halogens is 1. The molecule has 0 bridgehead atoms. The maximum absolute atomic E-state index is 12.2. The highest BCUT2D eigenvalue weighted by Crippen LogP contribution is 2.32. The number of cyclic esters (lactones) is 1. The van der Waals surface area contributed by atoms with Crippen LogP contribution < -0.4 is 4.74 Å². The quantitative estimate of drug-likeness (QED) is 0.590. The van der Waals surface area contributed by atoms with Crippen molar-refractivity contribution in [1.82, 2.24) is 0 Å². The maximum atomic E-state index is 12.2. The molecule has 0 aromatic heterocycles. The molecule has 0 radical (unpaired) electrons. The van der Waals surface area contributed by atoms with Gasteiger partial charge in [-0.1, -0.05) is 23.7 Å². The summed E-state index contributed by atoms with van der Waals surface area (Å²) in [6.45, 7) is -0.718. The molecular weight excluding hydrogens is 384 g/mol. The van der Waals surface area contributed by atoms with Crippen LogP contribution in [0.4, 0.5) is 0 Å². The van der Waals surface area contributed by atoms with Gasteiger partial charge in [0.05, 0.1) is 19.3 Å². The van der Waals surface area contributed by atoms with Crippen molar-refractivity contribution in [3.8, 4) is 5.75 Å². The summed E-state index contributed by atoms with van der Waals surface area (Å²) in [5.41, 5.74) is 0.199.